The van der Waals surface area contributed by atoms with E-state index in [0.717, 1.165) is 12.0 Å². The molecular weight excluding hydrogens is 361 g/mol. The summed E-state index contributed by atoms with van der Waals surface area (Å²) in [5.41, 5.74) is 0.628. The van der Waals surface area contributed by atoms with Gasteiger partial charge in [-0.1, -0.05) is 25.5 Å². The minimum Gasteiger partial charge on any atom is -0.350 e. The molecule has 2 aliphatic heterocycles. The van der Waals surface area contributed by atoms with E-state index < -0.39 is 17.8 Å². The van der Waals surface area contributed by atoms with Gasteiger partial charge in [-0.05, 0) is 37.3 Å². The van der Waals surface area contributed by atoms with Gasteiger partial charge in [0.05, 0.1) is 11.6 Å². The van der Waals surface area contributed by atoms with Crippen molar-refractivity contribution in [3.63, 3.8) is 0 Å². The molecule has 2 saturated heterocycles. The van der Waals surface area contributed by atoms with Gasteiger partial charge in [0.1, 0.15) is 11.9 Å². The van der Waals surface area contributed by atoms with E-state index in [0.29, 0.717) is 19.4 Å². The first kappa shape index (κ1) is 20.3. The Labute approximate surface area is 165 Å². The number of nitrogens with zero attached hydrogens (tertiary/aromatic N) is 2. The van der Waals surface area contributed by atoms with Gasteiger partial charge in [-0.15, -0.1) is 0 Å². The van der Waals surface area contributed by atoms with Crippen molar-refractivity contribution in [1.82, 2.24) is 15.1 Å². The summed E-state index contributed by atoms with van der Waals surface area (Å²) in [4.78, 5) is 40.7. The molecule has 1 aromatic rings. The normalized spacial score (nSPS) is 24.0. The fraction of sp³-hybridized carbons (Fsp3) is 0.571. The van der Waals surface area contributed by atoms with E-state index in [1.54, 1.807) is 24.9 Å². The van der Waals surface area contributed by atoms with E-state index in [-0.39, 0.29) is 35.4 Å². The molecule has 1 N–H and O–H groups in total. The Morgan fingerprint density at radius 2 is 2.04 bits per heavy atom. The number of benzene rings is 1. The molecular formula is C21H28FN3O3. The monoisotopic (exact) mass is 389 g/mol. The zero-order chi connectivity index (χ0) is 20.6. The average Bonchev–Trinajstić information content (AvgIpc) is 3.13. The third kappa shape index (κ3) is 3.75. The standard InChI is InChI=1S/C21H28FN3O3/c1-13-5-6-15(22)14(11-13)19(27)23-12-17-21(2,3)9-10-25(17)20(28)16-7-8-18(26)24(16)4/h5-6,11,16-17H,7-10,12H2,1-4H3,(H,23,27)/t16-,17?/m1/s1. The largest absolute Gasteiger partial charge is 0.350 e. The molecule has 3 amide bonds. The summed E-state index contributed by atoms with van der Waals surface area (Å²) in [5, 5.41) is 2.81. The predicted octanol–water partition coefficient (Wildman–Crippen LogP) is 2.11. The zero-order valence-corrected chi connectivity index (χ0v) is 16.9. The lowest BCUT2D eigenvalue weighted by Crippen LogP contribution is -2.53. The summed E-state index contributed by atoms with van der Waals surface area (Å²) >= 11 is 0. The van der Waals surface area contributed by atoms with Crippen LogP contribution in [0.25, 0.3) is 0 Å². The predicted molar refractivity (Wildman–Crippen MR) is 103 cm³/mol. The van der Waals surface area contributed by atoms with Crippen LogP contribution in [0.1, 0.15) is 49.0 Å². The molecule has 1 unspecified atom stereocenters. The van der Waals surface area contributed by atoms with Gasteiger partial charge in [-0.25, -0.2) is 4.39 Å². The molecule has 1 aromatic carbocycles. The maximum atomic E-state index is 14.0. The van der Waals surface area contributed by atoms with Gasteiger partial charge in [0.25, 0.3) is 5.91 Å². The molecule has 2 heterocycles. The lowest BCUT2D eigenvalue weighted by atomic mass is 9.84. The molecule has 2 aliphatic rings. The van der Waals surface area contributed by atoms with Crippen molar-refractivity contribution in [2.75, 3.05) is 20.1 Å². The van der Waals surface area contributed by atoms with Crippen LogP contribution in [0.4, 0.5) is 4.39 Å². The zero-order valence-electron chi connectivity index (χ0n) is 16.9. The van der Waals surface area contributed by atoms with Crippen LogP contribution < -0.4 is 5.32 Å². The second-order valence-corrected chi connectivity index (χ2v) is 8.54. The Bertz CT molecular complexity index is 808. The number of hydrogen-bond acceptors (Lipinski definition) is 3. The quantitative estimate of drug-likeness (QED) is 0.858. The topological polar surface area (TPSA) is 69.7 Å². The molecule has 0 aromatic heterocycles. The maximum absolute atomic E-state index is 14.0. The van der Waals surface area contributed by atoms with Gasteiger partial charge in [0.2, 0.25) is 11.8 Å². The number of halogens is 1. The van der Waals surface area contributed by atoms with E-state index in [1.807, 2.05) is 0 Å². The second kappa shape index (κ2) is 7.53. The minimum atomic E-state index is -0.562. The summed E-state index contributed by atoms with van der Waals surface area (Å²) in [5.74, 6) is -1.13. The first-order valence-electron chi connectivity index (χ1n) is 9.72. The van der Waals surface area contributed by atoms with Crippen LogP contribution >= 0.6 is 0 Å². The number of rotatable bonds is 4. The van der Waals surface area contributed by atoms with Crippen LogP contribution in [0.2, 0.25) is 0 Å². The third-order valence-corrected chi connectivity index (χ3v) is 6.16. The van der Waals surface area contributed by atoms with Gasteiger partial charge < -0.3 is 15.1 Å². The van der Waals surface area contributed by atoms with Gasteiger partial charge in [0, 0.05) is 26.6 Å². The number of amides is 3. The number of hydrogen-bond donors (Lipinski definition) is 1. The fourth-order valence-electron chi connectivity index (χ4n) is 4.19. The molecule has 0 radical (unpaired) electrons. The van der Waals surface area contributed by atoms with Crippen molar-refractivity contribution in [3.05, 3.63) is 35.1 Å². The van der Waals surface area contributed by atoms with Crippen LogP contribution in [0.15, 0.2) is 18.2 Å². The molecule has 7 heteroatoms. The minimum absolute atomic E-state index is 0.00908. The summed E-state index contributed by atoms with van der Waals surface area (Å²) in [6, 6.07) is 3.78. The molecule has 6 nitrogen and oxygen atoms in total. The first-order valence-corrected chi connectivity index (χ1v) is 9.72. The fourth-order valence-corrected chi connectivity index (χ4v) is 4.19. The van der Waals surface area contributed by atoms with Gasteiger partial charge >= 0.3 is 0 Å². The van der Waals surface area contributed by atoms with E-state index >= 15 is 0 Å². The lowest BCUT2D eigenvalue weighted by Gasteiger charge is -2.35. The van der Waals surface area contributed by atoms with E-state index in [1.165, 1.54) is 17.0 Å². The summed E-state index contributed by atoms with van der Waals surface area (Å²) < 4.78 is 14.0. The highest BCUT2D eigenvalue weighted by molar-refractivity contribution is 5.95. The lowest BCUT2D eigenvalue weighted by molar-refractivity contribution is -0.141. The van der Waals surface area contributed by atoms with Crippen LogP contribution in [0, 0.1) is 18.2 Å². The number of likely N-dealkylation sites (tertiary alicyclic amines) is 2. The number of carbonyl (C=O) groups is 3. The van der Waals surface area contributed by atoms with Crippen molar-refractivity contribution >= 4 is 17.7 Å². The Morgan fingerprint density at radius 3 is 2.68 bits per heavy atom. The van der Waals surface area contributed by atoms with Crippen molar-refractivity contribution in [2.24, 2.45) is 5.41 Å². The summed E-state index contributed by atoms with van der Waals surface area (Å²) in [6.45, 7) is 6.76. The Morgan fingerprint density at radius 1 is 1.32 bits per heavy atom. The van der Waals surface area contributed by atoms with Crippen molar-refractivity contribution in [3.8, 4) is 0 Å². The van der Waals surface area contributed by atoms with Crippen molar-refractivity contribution in [2.45, 2.75) is 52.1 Å². The summed E-state index contributed by atoms with van der Waals surface area (Å²) in [6.07, 6.45) is 1.72. The highest BCUT2D eigenvalue weighted by atomic mass is 19.1. The number of nitrogens with one attached hydrogen (secondary N) is 1. The van der Waals surface area contributed by atoms with Gasteiger partial charge in [-0.3, -0.25) is 14.4 Å². The number of aryl methyl sites for hydroxylation is 1. The highest BCUT2D eigenvalue weighted by Gasteiger charge is 2.46. The van der Waals surface area contributed by atoms with Crippen molar-refractivity contribution < 1.29 is 18.8 Å². The van der Waals surface area contributed by atoms with Crippen LogP contribution in [0.5, 0.6) is 0 Å². The van der Waals surface area contributed by atoms with Crippen molar-refractivity contribution in [1.29, 1.82) is 0 Å². The van der Waals surface area contributed by atoms with E-state index in [2.05, 4.69) is 19.2 Å². The van der Waals surface area contributed by atoms with Gasteiger partial charge in [0.15, 0.2) is 0 Å². The summed E-state index contributed by atoms with van der Waals surface area (Å²) in [7, 11) is 1.66. The molecule has 28 heavy (non-hydrogen) atoms. The Balaban J connectivity index is 1.72. The molecule has 2 atom stereocenters. The first-order chi connectivity index (χ1) is 13.1. The molecule has 3 rings (SSSR count). The number of carbonyl (C=O) groups excluding carboxylic acids is 3. The molecule has 2 fully saturated rings. The SMILES string of the molecule is Cc1ccc(F)c(C(=O)NCC2N(C(=O)[C@H]3CCC(=O)N3C)CCC2(C)C)c1. The smallest absolute Gasteiger partial charge is 0.254 e. The highest BCUT2D eigenvalue weighted by Crippen LogP contribution is 2.37. The van der Waals surface area contributed by atoms with Crippen LogP contribution in [-0.4, -0.2) is 59.7 Å². The molecule has 0 saturated carbocycles. The average molecular weight is 389 g/mol. The van der Waals surface area contributed by atoms with Gasteiger partial charge in [-0.2, -0.15) is 0 Å². The van der Waals surface area contributed by atoms with E-state index in [4.69, 9.17) is 0 Å². The third-order valence-electron chi connectivity index (χ3n) is 6.16. The van der Waals surface area contributed by atoms with Crippen LogP contribution in [0.3, 0.4) is 0 Å². The maximum Gasteiger partial charge on any atom is 0.254 e. The second-order valence-electron chi connectivity index (χ2n) is 8.54. The number of likely N-dealkylation sites (N-methyl/N-ethyl adjacent to an activating group) is 1. The Kier molecular flexibility index (Phi) is 5.46. The molecule has 0 aliphatic carbocycles. The molecule has 0 spiro atoms. The Hall–Kier alpha value is -2.44. The van der Waals surface area contributed by atoms with Crippen LogP contribution in [-0.2, 0) is 9.59 Å². The molecule has 0 bridgehead atoms. The van der Waals surface area contributed by atoms with E-state index in [9.17, 15) is 18.8 Å². The molecule has 152 valence electrons.